The minimum absolute atomic E-state index is 0.00149. The Kier molecular flexibility index (Phi) is 7.98. The van der Waals surface area contributed by atoms with Gasteiger partial charge in [0.1, 0.15) is 28.6 Å². The molecule has 12 heteroatoms. The topological polar surface area (TPSA) is 206 Å². The Hall–Kier alpha value is -4.70. The molecule has 4 unspecified atom stereocenters. The predicted molar refractivity (Wildman–Crippen MR) is 158 cm³/mol. The number of benzene rings is 2. The lowest BCUT2D eigenvalue weighted by atomic mass is 9.57. The SMILES string of the molecule is COc1ccc(CNCCC#N)cc1-c1ccc(O)c2c1CC1CC3C(N(C)C)C(=O)C(C(N)=O)=C(O)C3(O)C(=O)C1=C2O. The summed E-state index contributed by atoms with van der Waals surface area (Å²) in [6.45, 7) is 0.995. The van der Waals surface area contributed by atoms with Crippen molar-refractivity contribution in [1.82, 2.24) is 10.2 Å². The molecule has 44 heavy (non-hydrogen) atoms. The summed E-state index contributed by atoms with van der Waals surface area (Å²) in [6, 6.07) is 9.58. The maximum absolute atomic E-state index is 14.1. The third kappa shape index (κ3) is 4.61. The molecule has 0 heterocycles. The van der Waals surface area contributed by atoms with Crippen LogP contribution in [-0.2, 0) is 27.3 Å². The van der Waals surface area contributed by atoms with Crippen molar-refractivity contribution >= 4 is 23.2 Å². The summed E-state index contributed by atoms with van der Waals surface area (Å²) in [5.41, 5.74) is 4.35. The van der Waals surface area contributed by atoms with Crippen LogP contribution in [0.3, 0.4) is 0 Å². The molecule has 0 bridgehead atoms. The maximum Gasteiger partial charge on any atom is 0.255 e. The number of ketones is 2. The van der Waals surface area contributed by atoms with E-state index in [0.717, 1.165) is 5.56 Å². The molecule has 1 fully saturated rings. The molecule has 2 aromatic carbocycles. The Morgan fingerprint density at radius 3 is 2.55 bits per heavy atom. The molecule has 3 aliphatic carbocycles. The lowest BCUT2D eigenvalue weighted by Crippen LogP contribution is -2.65. The van der Waals surface area contributed by atoms with E-state index in [1.165, 1.54) is 18.1 Å². The first-order valence-corrected chi connectivity index (χ1v) is 14.1. The molecule has 1 saturated carbocycles. The van der Waals surface area contributed by atoms with Crippen LogP contribution in [0.5, 0.6) is 11.5 Å². The minimum atomic E-state index is -2.70. The molecule has 0 radical (unpaired) electrons. The van der Waals surface area contributed by atoms with Gasteiger partial charge in [0, 0.05) is 36.6 Å². The molecule has 0 aliphatic heterocycles. The van der Waals surface area contributed by atoms with Gasteiger partial charge >= 0.3 is 0 Å². The number of aromatic hydroxyl groups is 1. The molecular formula is C32H34N4O8. The Balaban J connectivity index is 1.67. The predicted octanol–water partition coefficient (Wildman–Crippen LogP) is 1.64. The number of methoxy groups -OCH3 is 1. The zero-order valence-corrected chi connectivity index (χ0v) is 24.5. The van der Waals surface area contributed by atoms with Crippen LogP contribution < -0.4 is 15.8 Å². The van der Waals surface area contributed by atoms with E-state index in [0.29, 0.717) is 42.0 Å². The zero-order chi connectivity index (χ0) is 32.1. The van der Waals surface area contributed by atoms with Gasteiger partial charge in [-0.2, -0.15) is 5.26 Å². The molecule has 4 atom stereocenters. The largest absolute Gasteiger partial charge is 0.508 e. The Morgan fingerprint density at radius 1 is 1.18 bits per heavy atom. The van der Waals surface area contributed by atoms with Crippen molar-refractivity contribution in [3.05, 3.63) is 63.9 Å². The number of amides is 1. The van der Waals surface area contributed by atoms with E-state index in [9.17, 15) is 34.8 Å². The number of likely N-dealkylation sites (N-methyl/N-ethyl adjacent to an activating group) is 1. The van der Waals surface area contributed by atoms with Crippen molar-refractivity contribution < 1.29 is 39.5 Å². The molecule has 7 N–H and O–H groups in total. The fourth-order valence-corrected chi connectivity index (χ4v) is 6.95. The zero-order valence-electron chi connectivity index (χ0n) is 24.5. The molecular weight excluding hydrogens is 568 g/mol. The monoisotopic (exact) mass is 602 g/mol. The second kappa shape index (κ2) is 11.4. The molecule has 5 rings (SSSR count). The van der Waals surface area contributed by atoms with Gasteiger partial charge in [0.2, 0.25) is 5.78 Å². The van der Waals surface area contributed by atoms with E-state index in [-0.39, 0.29) is 29.7 Å². The highest BCUT2D eigenvalue weighted by Gasteiger charge is 2.64. The number of hydrogen-bond acceptors (Lipinski definition) is 11. The first-order valence-electron chi connectivity index (χ1n) is 14.1. The van der Waals surface area contributed by atoms with Crippen molar-refractivity contribution in [2.75, 3.05) is 27.7 Å². The molecule has 1 amide bonds. The summed E-state index contributed by atoms with van der Waals surface area (Å²) >= 11 is 0. The number of rotatable bonds is 8. The number of Topliss-reactive ketones (excluding diaryl/α,β-unsaturated/α-hetero) is 2. The number of carbonyl (C=O) groups excluding carboxylic acids is 3. The number of nitrogens with zero attached hydrogens (tertiary/aromatic N) is 2. The molecule has 2 aromatic rings. The van der Waals surface area contributed by atoms with Gasteiger partial charge in [0.05, 0.1) is 24.8 Å². The number of aliphatic hydroxyl groups excluding tert-OH is 2. The van der Waals surface area contributed by atoms with Crippen LogP contribution in [0.4, 0.5) is 0 Å². The van der Waals surface area contributed by atoms with Crippen molar-refractivity contribution in [2.24, 2.45) is 17.6 Å². The van der Waals surface area contributed by atoms with Gasteiger partial charge in [-0.05, 0) is 67.7 Å². The Labute approximate surface area is 253 Å². The summed E-state index contributed by atoms with van der Waals surface area (Å²) in [7, 11) is 4.63. The van der Waals surface area contributed by atoms with Gasteiger partial charge in [-0.15, -0.1) is 0 Å². The second-order valence-corrected chi connectivity index (χ2v) is 11.6. The third-order valence-electron chi connectivity index (χ3n) is 8.90. The molecule has 3 aliphatic rings. The number of ether oxygens (including phenoxy) is 1. The smallest absolute Gasteiger partial charge is 0.255 e. The number of phenols is 1. The van der Waals surface area contributed by atoms with Crippen molar-refractivity contribution in [3.63, 3.8) is 0 Å². The van der Waals surface area contributed by atoms with Gasteiger partial charge < -0.3 is 36.2 Å². The lowest BCUT2D eigenvalue weighted by Gasteiger charge is -2.50. The first-order chi connectivity index (χ1) is 20.9. The maximum atomic E-state index is 14.1. The van der Waals surface area contributed by atoms with Crippen LogP contribution >= 0.6 is 0 Å². The number of carbonyl (C=O) groups is 3. The molecule has 0 aromatic heterocycles. The van der Waals surface area contributed by atoms with E-state index >= 15 is 0 Å². The number of hydrogen-bond donors (Lipinski definition) is 6. The highest BCUT2D eigenvalue weighted by atomic mass is 16.5. The van der Waals surface area contributed by atoms with E-state index in [2.05, 4.69) is 11.4 Å². The van der Waals surface area contributed by atoms with Crippen LogP contribution in [0.15, 0.2) is 47.2 Å². The van der Waals surface area contributed by atoms with Crippen molar-refractivity contribution in [1.29, 1.82) is 5.26 Å². The summed E-state index contributed by atoms with van der Waals surface area (Å²) in [4.78, 5) is 41.0. The molecule has 0 saturated heterocycles. The average molecular weight is 603 g/mol. The number of primary amides is 1. The molecule has 12 nitrogen and oxygen atoms in total. The molecule has 230 valence electrons. The van der Waals surface area contributed by atoms with E-state index in [1.807, 2.05) is 12.1 Å². The normalized spacial score (nSPS) is 24.5. The van der Waals surface area contributed by atoms with Crippen LogP contribution in [0, 0.1) is 23.2 Å². The van der Waals surface area contributed by atoms with Crippen LogP contribution in [0.25, 0.3) is 16.9 Å². The number of nitrogens with two attached hydrogens (primary N) is 1. The third-order valence-corrected chi connectivity index (χ3v) is 8.90. The summed E-state index contributed by atoms with van der Waals surface area (Å²) in [5.74, 6) is -6.49. The number of phenolic OH excluding ortho intramolecular Hbond substituents is 1. The van der Waals surface area contributed by atoms with Gasteiger partial charge in [0.25, 0.3) is 5.91 Å². The lowest BCUT2D eigenvalue weighted by molar-refractivity contribution is -0.153. The van der Waals surface area contributed by atoms with E-state index < -0.39 is 58.0 Å². The summed E-state index contributed by atoms with van der Waals surface area (Å²) in [6.07, 6.45) is 0.489. The number of aliphatic hydroxyl groups is 3. The van der Waals surface area contributed by atoms with Crippen LogP contribution in [-0.4, -0.2) is 82.2 Å². The second-order valence-electron chi connectivity index (χ2n) is 11.6. The minimum Gasteiger partial charge on any atom is -0.508 e. The van der Waals surface area contributed by atoms with Gasteiger partial charge in [0.15, 0.2) is 11.4 Å². The quantitative estimate of drug-likeness (QED) is 0.189. The molecule has 0 spiro atoms. The van der Waals surface area contributed by atoms with Crippen LogP contribution in [0.2, 0.25) is 0 Å². The van der Waals surface area contributed by atoms with Crippen molar-refractivity contribution in [2.45, 2.75) is 37.5 Å². The first kappa shape index (κ1) is 30.7. The average Bonchev–Trinajstić information content (AvgIpc) is 2.97. The highest BCUT2D eigenvalue weighted by molar-refractivity contribution is 6.24. The van der Waals surface area contributed by atoms with E-state index in [1.54, 1.807) is 26.2 Å². The fraction of sp³-hybridized carbons (Fsp3) is 0.375. The number of fused-ring (bicyclic) bond motifs is 3. The number of nitriles is 1. The van der Waals surface area contributed by atoms with Gasteiger partial charge in [-0.3, -0.25) is 19.3 Å². The van der Waals surface area contributed by atoms with Crippen molar-refractivity contribution in [3.8, 4) is 28.7 Å². The highest BCUT2D eigenvalue weighted by Crippen LogP contribution is 2.54. The van der Waals surface area contributed by atoms with E-state index in [4.69, 9.17) is 15.7 Å². The summed E-state index contributed by atoms with van der Waals surface area (Å²) < 4.78 is 5.65. The summed E-state index contributed by atoms with van der Waals surface area (Å²) in [5, 5.41) is 57.3. The van der Waals surface area contributed by atoms with Gasteiger partial charge in [-0.25, -0.2) is 0 Å². The number of nitrogens with one attached hydrogen (secondary N) is 1. The fourth-order valence-electron chi connectivity index (χ4n) is 6.95. The van der Waals surface area contributed by atoms with Gasteiger partial charge in [-0.1, -0.05) is 12.1 Å². The standard InChI is InChI=1S/C32H34N4O8/c1-36(2)26-20-13-16-12-19-17(18-11-15(5-8-22(18)44-3)14-35-10-4-9-33)6-7-21(37)24(19)27(38)23(16)29(40)32(20,43)30(41)25(28(26)39)31(34)42/h5-8,11,16,20,26,35,37-38,41,43H,4,10,12-14H2,1-3H3,(H2,34,42). The van der Waals surface area contributed by atoms with Crippen LogP contribution in [0.1, 0.15) is 29.5 Å². The Morgan fingerprint density at radius 2 is 1.91 bits per heavy atom. The Bertz CT molecular complexity index is 1690.